The van der Waals surface area contributed by atoms with E-state index in [-0.39, 0.29) is 23.3 Å². The molecule has 1 N–H and O–H groups in total. The number of ether oxygens (including phenoxy) is 1. The lowest BCUT2D eigenvalue weighted by Gasteiger charge is -2.31. The first kappa shape index (κ1) is 23.9. The van der Waals surface area contributed by atoms with Crippen LogP contribution >= 0.6 is 23.4 Å². The summed E-state index contributed by atoms with van der Waals surface area (Å²) in [6, 6.07) is 14.1. The molecule has 0 radical (unpaired) electrons. The van der Waals surface area contributed by atoms with E-state index in [1.54, 1.807) is 23.9 Å². The van der Waals surface area contributed by atoms with Gasteiger partial charge in [-0.1, -0.05) is 23.7 Å². The lowest BCUT2D eigenvalue weighted by atomic mass is 9.99. The quantitative estimate of drug-likeness (QED) is 0.550. The van der Waals surface area contributed by atoms with Gasteiger partial charge in [0.2, 0.25) is 15.9 Å². The lowest BCUT2D eigenvalue weighted by molar-refractivity contribution is -0.125. The number of benzene rings is 2. The van der Waals surface area contributed by atoms with Crippen molar-refractivity contribution in [3.05, 3.63) is 59.1 Å². The van der Waals surface area contributed by atoms with Crippen molar-refractivity contribution >= 4 is 39.3 Å². The fraction of sp³-hybridized carbons (Fsp3) is 0.409. The summed E-state index contributed by atoms with van der Waals surface area (Å²) >= 11 is 7.71. The molecule has 9 heteroatoms. The Morgan fingerprint density at radius 2 is 2.03 bits per heavy atom. The summed E-state index contributed by atoms with van der Waals surface area (Å²) in [5.74, 6) is 1.79. The maximum atomic E-state index is 13.0. The van der Waals surface area contributed by atoms with Crippen molar-refractivity contribution in [3.63, 3.8) is 0 Å². The van der Waals surface area contributed by atoms with Crippen LogP contribution in [0.25, 0.3) is 0 Å². The molecule has 0 unspecified atom stereocenters. The maximum absolute atomic E-state index is 13.0. The van der Waals surface area contributed by atoms with E-state index in [4.69, 9.17) is 16.3 Å². The van der Waals surface area contributed by atoms with E-state index in [1.165, 1.54) is 23.5 Å². The number of sulfonamides is 1. The van der Waals surface area contributed by atoms with Gasteiger partial charge in [-0.05, 0) is 54.8 Å². The molecule has 1 aliphatic heterocycles. The fourth-order valence-corrected chi connectivity index (χ4v) is 6.02. The Kier molecular flexibility index (Phi) is 8.66. The standard InChI is InChI=1S/C22H27ClN2O4S2/c1-29-20-7-9-21(10-8-20)31(27,28)25-12-3-5-18(15-25)22(26)24-11-13-30-16-17-4-2-6-19(23)14-17/h2,4,6-10,14,18H,3,5,11-13,15-16H2,1H3,(H,24,26)/t18-/m1/s1. The van der Waals surface area contributed by atoms with Crippen LogP contribution in [0.4, 0.5) is 0 Å². The second-order valence-corrected chi connectivity index (χ2v) is 10.8. The number of carbonyl (C=O) groups is 1. The Morgan fingerprint density at radius 3 is 2.74 bits per heavy atom. The number of amides is 1. The van der Waals surface area contributed by atoms with E-state index in [1.807, 2.05) is 24.3 Å². The predicted octanol–water partition coefficient (Wildman–Crippen LogP) is 3.80. The molecule has 1 amide bonds. The molecular formula is C22H27ClN2O4S2. The molecule has 0 bridgehead atoms. The molecule has 1 atom stereocenters. The summed E-state index contributed by atoms with van der Waals surface area (Å²) in [5, 5.41) is 3.67. The minimum Gasteiger partial charge on any atom is -0.497 e. The Morgan fingerprint density at radius 1 is 1.26 bits per heavy atom. The molecule has 3 rings (SSSR count). The smallest absolute Gasteiger partial charge is 0.243 e. The summed E-state index contributed by atoms with van der Waals surface area (Å²) in [5.41, 5.74) is 1.15. The van der Waals surface area contributed by atoms with Crippen LogP contribution < -0.4 is 10.1 Å². The van der Waals surface area contributed by atoms with Crippen LogP contribution in [0.2, 0.25) is 5.02 Å². The molecule has 6 nitrogen and oxygen atoms in total. The van der Waals surface area contributed by atoms with Crippen LogP contribution in [0.15, 0.2) is 53.4 Å². The molecule has 0 aliphatic carbocycles. The Hall–Kier alpha value is -1.74. The number of rotatable bonds is 9. The molecular weight excluding hydrogens is 456 g/mol. The molecule has 0 saturated carbocycles. The van der Waals surface area contributed by atoms with Gasteiger partial charge in [0.05, 0.1) is 17.9 Å². The van der Waals surface area contributed by atoms with Gasteiger partial charge >= 0.3 is 0 Å². The number of methoxy groups -OCH3 is 1. The van der Waals surface area contributed by atoms with Crippen molar-refractivity contribution in [1.82, 2.24) is 9.62 Å². The fourth-order valence-electron chi connectivity index (χ4n) is 3.48. The molecule has 0 aromatic heterocycles. The van der Waals surface area contributed by atoms with Gasteiger partial charge in [-0.15, -0.1) is 0 Å². The number of hydrogen-bond donors (Lipinski definition) is 1. The molecule has 2 aromatic carbocycles. The van der Waals surface area contributed by atoms with Gasteiger partial charge in [-0.3, -0.25) is 4.79 Å². The van der Waals surface area contributed by atoms with E-state index in [0.29, 0.717) is 31.7 Å². The number of carbonyl (C=O) groups excluding carboxylic acids is 1. The van der Waals surface area contributed by atoms with E-state index >= 15 is 0 Å². The molecule has 2 aromatic rings. The van der Waals surface area contributed by atoms with E-state index in [9.17, 15) is 13.2 Å². The zero-order valence-corrected chi connectivity index (χ0v) is 19.8. The molecule has 168 valence electrons. The van der Waals surface area contributed by atoms with Crippen LogP contribution in [-0.2, 0) is 20.6 Å². The highest BCUT2D eigenvalue weighted by atomic mass is 35.5. The summed E-state index contributed by atoms with van der Waals surface area (Å²) in [6.45, 7) is 1.18. The normalized spacial score (nSPS) is 17.3. The molecule has 1 aliphatic rings. The van der Waals surface area contributed by atoms with Crippen LogP contribution in [0, 0.1) is 5.92 Å². The Labute approximate surface area is 193 Å². The third-order valence-corrected chi connectivity index (χ3v) is 8.30. The Bertz CT molecular complexity index is 983. The van der Waals surface area contributed by atoms with Crippen LogP contribution in [0.3, 0.4) is 0 Å². The number of nitrogens with zero attached hydrogens (tertiary/aromatic N) is 1. The number of piperidine rings is 1. The molecule has 1 fully saturated rings. The zero-order chi connectivity index (χ0) is 22.3. The minimum absolute atomic E-state index is 0.0852. The average molecular weight is 483 g/mol. The molecule has 31 heavy (non-hydrogen) atoms. The first-order chi connectivity index (χ1) is 14.9. The first-order valence-electron chi connectivity index (χ1n) is 10.1. The van der Waals surface area contributed by atoms with Crippen molar-refractivity contribution in [3.8, 4) is 5.75 Å². The van der Waals surface area contributed by atoms with Gasteiger partial charge in [-0.2, -0.15) is 16.1 Å². The van der Waals surface area contributed by atoms with Gasteiger partial charge < -0.3 is 10.1 Å². The maximum Gasteiger partial charge on any atom is 0.243 e. The summed E-state index contributed by atoms with van der Waals surface area (Å²) in [6.07, 6.45) is 1.35. The van der Waals surface area contributed by atoms with E-state index in [0.717, 1.165) is 22.1 Å². The third-order valence-electron chi connectivity index (χ3n) is 5.16. The van der Waals surface area contributed by atoms with Crippen molar-refractivity contribution in [2.24, 2.45) is 5.92 Å². The first-order valence-corrected chi connectivity index (χ1v) is 13.1. The SMILES string of the molecule is COc1ccc(S(=O)(=O)N2CCC[C@@H](C(=O)NCCSCc3cccc(Cl)c3)C2)cc1. The van der Waals surface area contributed by atoms with E-state index < -0.39 is 10.0 Å². The predicted molar refractivity (Wildman–Crippen MR) is 125 cm³/mol. The number of thioether (sulfide) groups is 1. The lowest BCUT2D eigenvalue weighted by Crippen LogP contribution is -2.45. The second-order valence-electron chi connectivity index (χ2n) is 7.35. The average Bonchev–Trinajstić information content (AvgIpc) is 2.79. The number of hydrogen-bond acceptors (Lipinski definition) is 5. The van der Waals surface area contributed by atoms with Crippen LogP contribution in [0.1, 0.15) is 18.4 Å². The van der Waals surface area contributed by atoms with Crippen molar-refractivity contribution in [2.45, 2.75) is 23.5 Å². The monoisotopic (exact) mass is 482 g/mol. The van der Waals surface area contributed by atoms with Gasteiger partial charge in [0.1, 0.15) is 5.75 Å². The zero-order valence-electron chi connectivity index (χ0n) is 17.4. The van der Waals surface area contributed by atoms with Crippen molar-refractivity contribution < 1.29 is 17.9 Å². The van der Waals surface area contributed by atoms with E-state index in [2.05, 4.69) is 5.32 Å². The number of halogens is 1. The van der Waals surface area contributed by atoms with Crippen molar-refractivity contribution in [1.29, 1.82) is 0 Å². The molecule has 1 saturated heterocycles. The van der Waals surface area contributed by atoms with Gasteiger partial charge in [-0.25, -0.2) is 8.42 Å². The minimum atomic E-state index is -3.63. The summed E-state index contributed by atoms with van der Waals surface area (Å²) in [4.78, 5) is 12.8. The van der Waals surface area contributed by atoms with Gasteiger partial charge in [0.25, 0.3) is 0 Å². The van der Waals surface area contributed by atoms with Gasteiger partial charge in [0.15, 0.2) is 0 Å². The van der Waals surface area contributed by atoms with Crippen molar-refractivity contribution in [2.75, 3.05) is 32.5 Å². The summed E-state index contributed by atoms with van der Waals surface area (Å²) in [7, 11) is -2.10. The number of nitrogens with one attached hydrogen (secondary N) is 1. The second kappa shape index (κ2) is 11.2. The largest absolute Gasteiger partial charge is 0.497 e. The summed E-state index contributed by atoms with van der Waals surface area (Å²) < 4.78 is 32.4. The van der Waals surface area contributed by atoms with Crippen LogP contribution in [-0.4, -0.2) is 51.1 Å². The third kappa shape index (κ3) is 6.62. The highest BCUT2D eigenvalue weighted by Gasteiger charge is 2.33. The topological polar surface area (TPSA) is 75.7 Å². The highest BCUT2D eigenvalue weighted by Crippen LogP contribution is 2.25. The molecule has 1 heterocycles. The highest BCUT2D eigenvalue weighted by molar-refractivity contribution is 7.98. The van der Waals surface area contributed by atoms with Gasteiger partial charge in [0, 0.05) is 36.2 Å². The molecule has 0 spiro atoms. The van der Waals surface area contributed by atoms with Crippen LogP contribution in [0.5, 0.6) is 5.75 Å². The Balaban J connectivity index is 1.47.